The molecule has 1 aliphatic rings. The average molecular weight is 197 g/mol. The van der Waals surface area contributed by atoms with Crippen LogP contribution < -0.4 is 5.32 Å². The fourth-order valence-electron chi connectivity index (χ4n) is 1.90. The molecular formula is C11H19NO2. The Bertz CT molecular complexity index is 223. The van der Waals surface area contributed by atoms with Gasteiger partial charge in [-0.25, -0.2) is 4.79 Å². The highest BCUT2D eigenvalue weighted by molar-refractivity contribution is 5.67. The fraction of sp³-hybridized carbons (Fsp3) is 0.727. The van der Waals surface area contributed by atoms with Crippen molar-refractivity contribution >= 4 is 6.09 Å². The smallest absolute Gasteiger partial charge is 0.407 e. The molecule has 1 saturated carbocycles. The van der Waals surface area contributed by atoms with Crippen molar-refractivity contribution in [2.75, 3.05) is 6.61 Å². The van der Waals surface area contributed by atoms with Crippen LogP contribution in [-0.2, 0) is 4.74 Å². The predicted octanol–water partition coefficient (Wildman–Crippen LogP) is 2.48. The summed E-state index contributed by atoms with van der Waals surface area (Å²) in [7, 11) is 0. The van der Waals surface area contributed by atoms with Crippen molar-refractivity contribution in [1.29, 1.82) is 0 Å². The van der Waals surface area contributed by atoms with E-state index in [-0.39, 0.29) is 18.7 Å². The van der Waals surface area contributed by atoms with Crippen LogP contribution in [0.3, 0.4) is 0 Å². The summed E-state index contributed by atoms with van der Waals surface area (Å²) in [5.74, 6) is 0. The summed E-state index contributed by atoms with van der Waals surface area (Å²) in [5, 5.41) is 2.86. The number of ether oxygens (including phenoxy) is 1. The summed E-state index contributed by atoms with van der Waals surface area (Å²) in [6.45, 7) is 8.21. The van der Waals surface area contributed by atoms with Crippen molar-refractivity contribution in [2.24, 2.45) is 5.41 Å². The molecule has 3 heteroatoms. The standard InChI is InChI=1S/C11H19NO2/c1-4-7-14-10(13)12-9-5-6-11(2,3)8-9/h4,9H,1,5-8H2,2-3H3,(H,12,13). The first-order valence-corrected chi connectivity index (χ1v) is 5.08. The number of hydrogen-bond acceptors (Lipinski definition) is 2. The molecule has 14 heavy (non-hydrogen) atoms. The van der Waals surface area contributed by atoms with Gasteiger partial charge in [-0.2, -0.15) is 0 Å². The third kappa shape index (κ3) is 3.40. The Morgan fingerprint density at radius 3 is 2.93 bits per heavy atom. The van der Waals surface area contributed by atoms with E-state index in [1.807, 2.05) is 0 Å². The highest BCUT2D eigenvalue weighted by Gasteiger charge is 2.31. The Balaban J connectivity index is 2.25. The molecule has 0 saturated heterocycles. The van der Waals surface area contributed by atoms with Crippen molar-refractivity contribution in [3.8, 4) is 0 Å². The molecule has 1 aliphatic carbocycles. The maximum Gasteiger partial charge on any atom is 0.407 e. The molecule has 0 radical (unpaired) electrons. The lowest BCUT2D eigenvalue weighted by atomic mass is 9.92. The number of hydrogen-bond donors (Lipinski definition) is 1. The van der Waals surface area contributed by atoms with Crippen LogP contribution in [0.5, 0.6) is 0 Å². The van der Waals surface area contributed by atoms with Gasteiger partial charge in [-0.3, -0.25) is 0 Å². The Morgan fingerprint density at radius 1 is 1.71 bits per heavy atom. The highest BCUT2D eigenvalue weighted by Crippen LogP contribution is 2.36. The van der Waals surface area contributed by atoms with Crippen LogP contribution in [0, 0.1) is 5.41 Å². The number of carbonyl (C=O) groups excluding carboxylic acids is 1. The summed E-state index contributed by atoms with van der Waals surface area (Å²) < 4.78 is 4.85. The molecule has 0 aromatic rings. The van der Waals surface area contributed by atoms with Crippen LogP contribution in [0.15, 0.2) is 12.7 Å². The van der Waals surface area contributed by atoms with E-state index >= 15 is 0 Å². The largest absolute Gasteiger partial charge is 0.445 e. The molecule has 1 unspecified atom stereocenters. The maximum atomic E-state index is 11.2. The van der Waals surface area contributed by atoms with E-state index in [1.165, 1.54) is 6.42 Å². The van der Waals surface area contributed by atoms with E-state index < -0.39 is 0 Å². The molecular weight excluding hydrogens is 178 g/mol. The second-order valence-corrected chi connectivity index (χ2v) is 4.64. The van der Waals surface area contributed by atoms with Crippen molar-refractivity contribution in [3.63, 3.8) is 0 Å². The normalized spacial score (nSPS) is 24.3. The maximum absolute atomic E-state index is 11.2. The number of carbonyl (C=O) groups is 1. The van der Waals surface area contributed by atoms with Gasteiger partial charge in [-0.05, 0) is 24.7 Å². The van der Waals surface area contributed by atoms with Crippen LogP contribution >= 0.6 is 0 Å². The zero-order chi connectivity index (χ0) is 10.6. The minimum atomic E-state index is -0.326. The number of alkyl carbamates (subject to hydrolysis) is 1. The Morgan fingerprint density at radius 2 is 2.43 bits per heavy atom. The summed E-state index contributed by atoms with van der Waals surface area (Å²) >= 11 is 0. The van der Waals surface area contributed by atoms with Crippen LogP contribution in [0.4, 0.5) is 4.79 Å². The molecule has 80 valence electrons. The monoisotopic (exact) mass is 197 g/mol. The Hall–Kier alpha value is -0.990. The molecule has 0 aliphatic heterocycles. The molecule has 0 aromatic heterocycles. The van der Waals surface area contributed by atoms with Gasteiger partial charge >= 0.3 is 6.09 Å². The molecule has 1 fully saturated rings. The predicted molar refractivity (Wildman–Crippen MR) is 56.1 cm³/mol. The quantitative estimate of drug-likeness (QED) is 0.706. The minimum Gasteiger partial charge on any atom is -0.445 e. The third-order valence-electron chi connectivity index (χ3n) is 2.62. The van der Waals surface area contributed by atoms with Crippen LogP contribution in [-0.4, -0.2) is 18.7 Å². The van der Waals surface area contributed by atoms with Crippen LogP contribution in [0.1, 0.15) is 33.1 Å². The molecule has 1 N–H and O–H groups in total. The van der Waals surface area contributed by atoms with Gasteiger partial charge in [0, 0.05) is 6.04 Å². The minimum absolute atomic E-state index is 0.280. The first-order valence-electron chi connectivity index (χ1n) is 5.08. The summed E-state index contributed by atoms with van der Waals surface area (Å²) in [4.78, 5) is 11.2. The highest BCUT2D eigenvalue weighted by atomic mass is 16.5. The molecule has 0 spiro atoms. The van der Waals surface area contributed by atoms with Gasteiger partial charge in [0.1, 0.15) is 6.61 Å². The van der Waals surface area contributed by atoms with Gasteiger partial charge < -0.3 is 10.1 Å². The van der Waals surface area contributed by atoms with E-state index in [1.54, 1.807) is 6.08 Å². The van der Waals surface area contributed by atoms with Gasteiger partial charge in [0.25, 0.3) is 0 Å². The van der Waals surface area contributed by atoms with Gasteiger partial charge in [0.05, 0.1) is 0 Å². The molecule has 1 rings (SSSR count). The van der Waals surface area contributed by atoms with Gasteiger partial charge in [-0.15, -0.1) is 0 Å². The van der Waals surface area contributed by atoms with Crippen molar-refractivity contribution in [1.82, 2.24) is 5.32 Å². The van der Waals surface area contributed by atoms with Crippen molar-refractivity contribution in [2.45, 2.75) is 39.2 Å². The Labute approximate surface area is 85.5 Å². The van der Waals surface area contributed by atoms with Gasteiger partial charge in [0.15, 0.2) is 0 Å². The van der Waals surface area contributed by atoms with Gasteiger partial charge in [-0.1, -0.05) is 26.5 Å². The molecule has 3 nitrogen and oxygen atoms in total. The molecule has 0 heterocycles. The Kier molecular flexibility index (Phi) is 3.55. The second kappa shape index (κ2) is 4.49. The lowest BCUT2D eigenvalue weighted by molar-refractivity contribution is 0.153. The summed E-state index contributed by atoms with van der Waals surface area (Å²) in [6.07, 6.45) is 4.50. The number of amides is 1. The topological polar surface area (TPSA) is 38.3 Å². The molecule has 1 amide bonds. The molecule has 1 atom stereocenters. The fourth-order valence-corrected chi connectivity index (χ4v) is 1.90. The zero-order valence-electron chi connectivity index (χ0n) is 9.01. The van der Waals surface area contributed by atoms with E-state index in [0.29, 0.717) is 5.41 Å². The average Bonchev–Trinajstić information content (AvgIpc) is 2.42. The first kappa shape index (κ1) is 11.1. The number of nitrogens with one attached hydrogen (secondary N) is 1. The second-order valence-electron chi connectivity index (χ2n) is 4.64. The van der Waals surface area contributed by atoms with Crippen molar-refractivity contribution in [3.05, 3.63) is 12.7 Å². The van der Waals surface area contributed by atoms with Crippen LogP contribution in [0.25, 0.3) is 0 Å². The molecule has 0 aromatic carbocycles. The van der Waals surface area contributed by atoms with Crippen LogP contribution in [0.2, 0.25) is 0 Å². The van der Waals surface area contributed by atoms with E-state index in [9.17, 15) is 4.79 Å². The molecule has 0 bridgehead atoms. The summed E-state index contributed by atoms with van der Waals surface area (Å²) in [6, 6.07) is 0.280. The SMILES string of the molecule is C=CCOC(=O)NC1CCC(C)(C)C1. The zero-order valence-corrected chi connectivity index (χ0v) is 9.01. The van der Waals surface area contributed by atoms with E-state index in [2.05, 4.69) is 25.7 Å². The third-order valence-corrected chi connectivity index (χ3v) is 2.62. The summed E-state index contributed by atoms with van der Waals surface area (Å²) in [5.41, 5.74) is 0.358. The number of rotatable bonds is 3. The lowest BCUT2D eigenvalue weighted by Crippen LogP contribution is -2.34. The van der Waals surface area contributed by atoms with E-state index in [4.69, 9.17) is 4.74 Å². The first-order chi connectivity index (χ1) is 6.53. The van der Waals surface area contributed by atoms with E-state index in [0.717, 1.165) is 12.8 Å². The van der Waals surface area contributed by atoms with Crippen molar-refractivity contribution < 1.29 is 9.53 Å². The van der Waals surface area contributed by atoms with Gasteiger partial charge in [0.2, 0.25) is 0 Å². The lowest BCUT2D eigenvalue weighted by Gasteiger charge is -2.17.